The molecule has 1 aliphatic heterocycles. The monoisotopic (exact) mass is 279 g/mol. The van der Waals surface area contributed by atoms with Gasteiger partial charge < -0.3 is 5.32 Å². The molecule has 0 radical (unpaired) electrons. The Bertz CT molecular complexity index is 568. The van der Waals surface area contributed by atoms with Crippen molar-refractivity contribution in [1.29, 1.82) is 0 Å². The lowest BCUT2D eigenvalue weighted by molar-refractivity contribution is -0.116. The van der Waals surface area contributed by atoms with Crippen LogP contribution >= 0.6 is 22.3 Å². The first-order valence-electron chi connectivity index (χ1n) is 4.45. The quantitative estimate of drug-likeness (QED) is 0.802. The lowest BCUT2D eigenvalue weighted by atomic mass is 10.0. The largest absolute Gasteiger partial charge is 0.326 e. The summed E-state index contributed by atoms with van der Waals surface area (Å²) in [5.74, 6) is -0.146. The zero-order chi connectivity index (χ0) is 11.9. The SMILES string of the molecule is O=C1CCc2cc(Cl)c(S(=O)(=O)Cl)cc2N1. The van der Waals surface area contributed by atoms with Crippen molar-refractivity contribution in [3.63, 3.8) is 0 Å². The lowest BCUT2D eigenvalue weighted by Gasteiger charge is -2.17. The number of nitrogens with one attached hydrogen (secondary N) is 1. The summed E-state index contributed by atoms with van der Waals surface area (Å²) in [7, 11) is 1.32. The van der Waals surface area contributed by atoms with Gasteiger partial charge in [0, 0.05) is 22.8 Å². The number of fused-ring (bicyclic) bond motifs is 1. The van der Waals surface area contributed by atoms with Crippen LogP contribution < -0.4 is 5.32 Å². The van der Waals surface area contributed by atoms with Gasteiger partial charge in [0.25, 0.3) is 9.05 Å². The number of benzene rings is 1. The fraction of sp³-hybridized carbons (Fsp3) is 0.222. The van der Waals surface area contributed by atoms with Crippen LogP contribution in [0.3, 0.4) is 0 Å². The van der Waals surface area contributed by atoms with E-state index in [0.717, 1.165) is 5.56 Å². The van der Waals surface area contributed by atoms with Crippen molar-refractivity contribution in [3.05, 3.63) is 22.7 Å². The van der Waals surface area contributed by atoms with Crippen LogP contribution in [0.5, 0.6) is 0 Å². The Morgan fingerprint density at radius 3 is 2.56 bits per heavy atom. The number of amides is 1. The molecule has 1 N–H and O–H groups in total. The van der Waals surface area contributed by atoms with Crippen LogP contribution in [0.4, 0.5) is 5.69 Å². The molecule has 0 aliphatic carbocycles. The summed E-state index contributed by atoms with van der Waals surface area (Å²) in [5.41, 5.74) is 1.27. The average molecular weight is 280 g/mol. The van der Waals surface area contributed by atoms with Gasteiger partial charge in [-0.25, -0.2) is 8.42 Å². The number of rotatable bonds is 1. The topological polar surface area (TPSA) is 63.2 Å². The van der Waals surface area contributed by atoms with Gasteiger partial charge in [0.05, 0.1) is 5.02 Å². The number of hydrogen-bond donors (Lipinski definition) is 1. The molecule has 0 saturated carbocycles. The number of halogens is 2. The van der Waals surface area contributed by atoms with E-state index in [1.54, 1.807) is 0 Å². The van der Waals surface area contributed by atoms with Crippen LogP contribution in [-0.4, -0.2) is 14.3 Å². The van der Waals surface area contributed by atoms with E-state index >= 15 is 0 Å². The number of hydrogen-bond acceptors (Lipinski definition) is 3. The molecule has 0 spiro atoms. The van der Waals surface area contributed by atoms with Crippen molar-refractivity contribution in [2.24, 2.45) is 0 Å². The van der Waals surface area contributed by atoms with Crippen LogP contribution in [-0.2, 0) is 20.3 Å². The van der Waals surface area contributed by atoms with E-state index in [1.807, 2.05) is 0 Å². The highest BCUT2D eigenvalue weighted by Crippen LogP contribution is 2.33. The van der Waals surface area contributed by atoms with Crippen molar-refractivity contribution in [2.75, 3.05) is 5.32 Å². The smallest absolute Gasteiger partial charge is 0.262 e. The summed E-state index contributed by atoms with van der Waals surface area (Å²) in [4.78, 5) is 11.0. The minimum atomic E-state index is -3.90. The van der Waals surface area contributed by atoms with Crippen molar-refractivity contribution in [1.82, 2.24) is 0 Å². The number of carbonyl (C=O) groups excluding carboxylic acids is 1. The third-order valence-electron chi connectivity index (χ3n) is 2.32. The minimum absolute atomic E-state index is 0.0740. The van der Waals surface area contributed by atoms with E-state index in [0.29, 0.717) is 18.5 Å². The van der Waals surface area contributed by atoms with Gasteiger partial charge in [-0.3, -0.25) is 4.79 Å². The predicted molar refractivity (Wildman–Crippen MR) is 61.4 cm³/mol. The van der Waals surface area contributed by atoms with Crippen LogP contribution in [0.15, 0.2) is 17.0 Å². The normalized spacial score (nSPS) is 15.5. The number of carbonyl (C=O) groups is 1. The highest BCUT2D eigenvalue weighted by atomic mass is 35.7. The molecule has 0 saturated heterocycles. The summed E-state index contributed by atoms with van der Waals surface area (Å²) in [6.07, 6.45) is 0.916. The van der Waals surface area contributed by atoms with E-state index in [9.17, 15) is 13.2 Å². The van der Waals surface area contributed by atoms with Gasteiger partial charge in [0.2, 0.25) is 5.91 Å². The summed E-state index contributed by atoms with van der Waals surface area (Å²) in [5, 5.41) is 2.65. The molecule has 1 amide bonds. The van der Waals surface area contributed by atoms with Crippen molar-refractivity contribution in [2.45, 2.75) is 17.7 Å². The lowest BCUT2D eigenvalue weighted by Crippen LogP contribution is -2.19. The Labute approximate surface area is 102 Å². The maximum absolute atomic E-state index is 11.2. The molecule has 2 rings (SSSR count). The first-order valence-corrected chi connectivity index (χ1v) is 7.13. The van der Waals surface area contributed by atoms with Gasteiger partial charge in [-0.2, -0.15) is 0 Å². The third kappa shape index (κ3) is 2.16. The number of aryl methyl sites for hydroxylation is 1. The zero-order valence-corrected chi connectivity index (χ0v) is 10.3. The Morgan fingerprint density at radius 1 is 1.25 bits per heavy atom. The van der Waals surface area contributed by atoms with E-state index in [4.69, 9.17) is 22.3 Å². The molecule has 1 aliphatic rings. The number of anilines is 1. The van der Waals surface area contributed by atoms with Crippen molar-refractivity contribution < 1.29 is 13.2 Å². The highest BCUT2D eigenvalue weighted by Gasteiger charge is 2.21. The molecule has 16 heavy (non-hydrogen) atoms. The van der Waals surface area contributed by atoms with Gasteiger partial charge >= 0.3 is 0 Å². The summed E-state index contributed by atoms with van der Waals surface area (Å²) < 4.78 is 22.4. The molecule has 86 valence electrons. The zero-order valence-electron chi connectivity index (χ0n) is 7.96. The molecular formula is C9H7Cl2NO3S. The average Bonchev–Trinajstić information content (AvgIpc) is 2.16. The molecule has 1 aromatic carbocycles. The van der Waals surface area contributed by atoms with E-state index < -0.39 is 9.05 Å². The fourth-order valence-corrected chi connectivity index (χ4v) is 3.11. The first-order chi connectivity index (χ1) is 7.38. The Balaban J connectivity index is 2.60. The second kappa shape index (κ2) is 3.91. The van der Waals surface area contributed by atoms with E-state index in [-0.39, 0.29) is 15.8 Å². The van der Waals surface area contributed by atoms with Crippen molar-refractivity contribution >= 4 is 42.9 Å². The first kappa shape index (κ1) is 11.7. The van der Waals surface area contributed by atoms with Gasteiger partial charge in [0.15, 0.2) is 0 Å². The van der Waals surface area contributed by atoms with Crippen LogP contribution in [0.2, 0.25) is 5.02 Å². The molecule has 0 atom stereocenters. The second-order valence-electron chi connectivity index (χ2n) is 3.43. The second-order valence-corrected chi connectivity index (χ2v) is 6.37. The van der Waals surface area contributed by atoms with Crippen molar-refractivity contribution in [3.8, 4) is 0 Å². The predicted octanol–water partition coefficient (Wildman–Crippen LogP) is 2.15. The van der Waals surface area contributed by atoms with Crippen LogP contribution in [0, 0.1) is 0 Å². The maximum atomic E-state index is 11.2. The molecule has 0 aromatic heterocycles. The molecule has 0 fully saturated rings. The van der Waals surface area contributed by atoms with Crippen LogP contribution in [0.25, 0.3) is 0 Å². The summed E-state index contributed by atoms with van der Waals surface area (Å²) >= 11 is 5.81. The molecule has 7 heteroatoms. The molecular weight excluding hydrogens is 273 g/mol. The van der Waals surface area contributed by atoms with E-state index in [1.165, 1.54) is 12.1 Å². The van der Waals surface area contributed by atoms with Gasteiger partial charge in [-0.1, -0.05) is 11.6 Å². The standard InChI is InChI=1S/C9H7Cl2NO3S/c10-6-3-5-1-2-9(13)12-7(5)4-8(6)16(11,14)15/h3-4H,1-2H2,(H,12,13). The summed E-state index contributed by atoms with van der Waals surface area (Å²) in [6.45, 7) is 0. The Hall–Kier alpha value is -0.780. The molecule has 4 nitrogen and oxygen atoms in total. The van der Waals surface area contributed by atoms with Gasteiger partial charge in [-0.15, -0.1) is 0 Å². The van der Waals surface area contributed by atoms with Crippen LogP contribution in [0.1, 0.15) is 12.0 Å². The highest BCUT2D eigenvalue weighted by molar-refractivity contribution is 8.13. The molecule has 0 bridgehead atoms. The Kier molecular flexibility index (Phi) is 2.86. The Morgan fingerprint density at radius 2 is 1.94 bits per heavy atom. The van der Waals surface area contributed by atoms with E-state index in [2.05, 4.69) is 5.32 Å². The maximum Gasteiger partial charge on any atom is 0.262 e. The minimum Gasteiger partial charge on any atom is -0.326 e. The third-order valence-corrected chi connectivity index (χ3v) is 4.10. The summed E-state index contributed by atoms with van der Waals surface area (Å²) in [6, 6.07) is 2.81. The molecule has 0 unspecified atom stereocenters. The molecule has 1 aromatic rings. The van der Waals surface area contributed by atoms with Gasteiger partial charge in [-0.05, 0) is 24.1 Å². The van der Waals surface area contributed by atoms with Gasteiger partial charge in [0.1, 0.15) is 4.90 Å². The molecule has 1 heterocycles. The fourth-order valence-electron chi connectivity index (χ4n) is 1.57.